The molecular weight excluding hydrogens is 306 g/mol. The summed E-state index contributed by atoms with van der Waals surface area (Å²) >= 11 is 0. The minimum absolute atomic E-state index is 0.150. The van der Waals surface area contributed by atoms with E-state index in [1.54, 1.807) is 6.07 Å². The van der Waals surface area contributed by atoms with Crippen LogP contribution in [0.3, 0.4) is 0 Å². The number of H-pyrrole nitrogens is 1. The normalized spacial score (nSPS) is 10.7. The fraction of sp³-hybridized carbons (Fsp3) is 0.158. The zero-order valence-electron chi connectivity index (χ0n) is 13.2. The Kier molecular flexibility index (Phi) is 4.33. The van der Waals surface area contributed by atoms with E-state index in [1.807, 2.05) is 24.3 Å². The Hall–Kier alpha value is -3.08. The third kappa shape index (κ3) is 3.15. The quantitative estimate of drug-likeness (QED) is 0.756. The van der Waals surface area contributed by atoms with Crippen LogP contribution in [0.4, 0.5) is 0 Å². The average molecular weight is 323 g/mol. The van der Waals surface area contributed by atoms with Crippen LogP contribution in [-0.2, 0) is 12.8 Å². The van der Waals surface area contributed by atoms with Gasteiger partial charge in [-0.2, -0.15) is 0 Å². The maximum absolute atomic E-state index is 12.3. The number of pyridine rings is 1. The third-order valence-corrected chi connectivity index (χ3v) is 3.96. The number of carboxylic acids is 1. The van der Waals surface area contributed by atoms with E-state index >= 15 is 0 Å². The van der Waals surface area contributed by atoms with Gasteiger partial charge in [0.25, 0.3) is 0 Å². The van der Waals surface area contributed by atoms with Gasteiger partial charge in [-0.3, -0.25) is 4.79 Å². The summed E-state index contributed by atoms with van der Waals surface area (Å²) in [5.41, 5.74) is 2.11. The van der Waals surface area contributed by atoms with E-state index in [1.165, 1.54) is 12.7 Å². The maximum Gasteiger partial charge on any atom is 0.352 e. The molecule has 0 aliphatic carbocycles. The van der Waals surface area contributed by atoms with Crippen molar-refractivity contribution in [2.45, 2.75) is 12.8 Å². The van der Waals surface area contributed by atoms with E-state index < -0.39 is 5.97 Å². The van der Waals surface area contributed by atoms with Gasteiger partial charge in [0, 0.05) is 11.5 Å². The van der Waals surface area contributed by atoms with E-state index in [9.17, 15) is 9.59 Å². The summed E-state index contributed by atoms with van der Waals surface area (Å²) < 4.78 is 5.35. The molecule has 24 heavy (non-hydrogen) atoms. The summed E-state index contributed by atoms with van der Waals surface area (Å²) in [5, 5.41) is 9.52. The molecule has 1 aromatic heterocycles. The van der Waals surface area contributed by atoms with Crippen molar-refractivity contribution in [3.05, 3.63) is 75.6 Å². The van der Waals surface area contributed by atoms with Crippen LogP contribution in [0.25, 0.3) is 10.9 Å². The van der Waals surface area contributed by atoms with Crippen LogP contribution in [0.5, 0.6) is 5.75 Å². The smallest absolute Gasteiger partial charge is 0.352 e. The van der Waals surface area contributed by atoms with Crippen LogP contribution in [-0.4, -0.2) is 23.2 Å². The number of aromatic amines is 1. The number of aromatic carboxylic acids is 1. The van der Waals surface area contributed by atoms with E-state index in [4.69, 9.17) is 9.84 Å². The van der Waals surface area contributed by atoms with Crippen LogP contribution >= 0.6 is 0 Å². The molecule has 0 saturated heterocycles. The molecule has 0 saturated carbocycles. The summed E-state index contributed by atoms with van der Waals surface area (Å²) in [6.45, 7) is 0. The Morgan fingerprint density at radius 3 is 2.46 bits per heavy atom. The number of fused-ring (bicyclic) bond motifs is 1. The Balaban J connectivity index is 2.02. The summed E-state index contributed by atoms with van der Waals surface area (Å²) in [6, 6.07) is 14.8. The highest BCUT2D eigenvalue weighted by molar-refractivity contribution is 5.92. The number of hydrogen-bond acceptors (Lipinski definition) is 3. The van der Waals surface area contributed by atoms with Crippen molar-refractivity contribution in [3.63, 3.8) is 0 Å². The molecule has 0 fully saturated rings. The van der Waals surface area contributed by atoms with Gasteiger partial charge in [0.15, 0.2) is 5.43 Å². The zero-order chi connectivity index (χ0) is 17.1. The topological polar surface area (TPSA) is 79.4 Å². The van der Waals surface area contributed by atoms with Crippen molar-refractivity contribution in [1.29, 1.82) is 0 Å². The predicted molar refractivity (Wildman–Crippen MR) is 91.9 cm³/mol. The van der Waals surface area contributed by atoms with Gasteiger partial charge >= 0.3 is 5.97 Å². The molecule has 0 radical (unpaired) electrons. The number of rotatable bonds is 5. The molecular formula is C19H17NO4. The first-order chi connectivity index (χ1) is 11.6. The number of aryl methyl sites for hydroxylation is 2. The Morgan fingerprint density at radius 2 is 1.79 bits per heavy atom. The van der Waals surface area contributed by atoms with Gasteiger partial charge < -0.3 is 14.8 Å². The van der Waals surface area contributed by atoms with E-state index in [0.717, 1.165) is 24.5 Å². The summed E-state index contributed by atoms with van der Waals surface area (Å²) in [6.07, 6.45) is 1.61. The van der Waals surface area contributed by atoms with Crippen LogP contribution in [0.15, 0.2) is 53.3 Å². The molecule has 0 unspecified atom stereocenters. The molecule has 0 aliphatic rings. The van der Waals surface area contributed by atoms with Crippen molar-refractivity contribution >= 4 is 16.9 Å². The van der Waals surface area contributed by atoms with Gasteiger partial charge in [0.2, 0.25) is 0 Å². The number of carboxylic acid groups (broad SMARTS) is 1. The molecule has 0 spiro atoms. The van der Waals surface area contributed by atoms with Crippen LogP contribution in [0, 0.1) is 0 Å². The fourth-order valence-corrected chi connectivity index (χ4v) is 2.73. The summed E-state index contributed by atoms with van der Waals surface area (Å²) in [4.78, 5) is 26.1. The number of aromatic nitrogens is 1. The first kappa shape index (κ1) is 15.8. The Morgan fingerprint density at radius 1 is 1.08 bits per heavy atom. The number of ether oxygens (including phenoxy) is 1. The van der Waals surface area contributed by atoms with Crippen molar-refractivity contribution in [1.82, 2.24) is 4.98 Å². The fourth-order valence-electron chi connectivity index (χ4n) is 2.73. The highest BCUT2D eigenvalue weighted by atomic mass is 16.5. The average Bonchev–Trinajstić information content (AvgIpc) is 2.60. The van der Waals surface area contributed by atoms with E-state index in [-0.39, 0.29) is 11.1 Å². The molecule has 5 nitrogen and oxygen atoms in total. The lowest BCUT2D eigenvalue weighted by Gasteiger charge is -2.10. The monoisotopic (exact) mass is 323 g/mol. The van der Waals surface area contributed by atoms with E-state index in [2.05, 4.69) is 17.1 Å². The lowest BCUT2D eigenvalue weighted by Crippen LogP contribution is -2.10. The molecule has 1 heterocycles. The Labute approximate surface area is 138 Å². The minimum atomic E-state index is -1.18. The SMILES string of the molecule is COc1cc(CCc2ccccc2)cc2c(=O)cc(C(=O)O)[nH]c12. The molecule has 5 heteroatoms. The summed E-state index contributed by atoms with van der Waals surface area (Å²) in [5.74, 6) is -0.708. The van der Waals surface area contributed by atoms with Crippen LogP contribution in [0.1, 0.15) is 21.6 Å². The number of carbonyl (C=O) groups is 1. The Bertz CT molecular complexity index is 945. The van der Waals surface area contributed by atoms with Crippen molar-refractivity contribution in [2.75, 3.05) is 7.11 Å². The maximum atomic E-state index is 12.3. The van der Waals surface area contributed by atoms with Gasteiger partial charge in [-0.15, -0.1) is 0 Å². The van der Waals surface area contributed by atoms with E-state index in [0.29, 0.717) is 16.7 Å². The molecule has 0 bridgehead atoms. The molecule has 3 aromatic rings. The largest absolute Gasteiger partial charge is 0.495 e. The number of benzene rings is 2. The first-order valence-electron chi connectivity index (χ1n) is 7.59. The molecule has 2 N–H and O–H groups in total. The molecule has 2 aromatic carbocycles. The van der Waals surface area contributed by atoms with Gasteiger partial charge in [-0.25, -0.2) is 4.79 Å². The number of nitrogens with one attached hydrogen (secondary N) is 1. The van der Waals surface area contributed by atoms with Crippen LogP contribution < -0.4 is 10.2 Å². The molecule has 0 atom stereocenters. The lowest BCUT2D eigenvalue weighted by molar-refractivity contribution is 0.0691. The minimum Gasteiger partial charge on any atom is -0.495 e. The second-order valence-corrected chi connectivity index (χ2v) is 5.56. The van der Waals surface area contributed by atoms with Gasteiger partial charge in [0.1, 0.15) is 11.4 Å². The standard InChI is InChI=1S/C19H17NO4/c1-24-17-10-13(8-7-12-5-3-2-4-6-12)9-14-16(21)11-15(19(22)23)20-18(14)17/h2-6,9-11H,7-8H2,1H3,(H,20,21)(H,22,23). The van der Waals surface area contributed by atoms with Crippen molar-refractivity contribution in [2.24, 2.45) is 0 Å². The number of methoxy groups -OCH3 is 1. The number of hydrogen-bond donors (Lipinski definition) is 2. The highest BCUT2D eigenvalue weighted by Crippen LogP contribution is 2.25. The van der Waals surface area contributed by atoms with Crippen molar-refractivity contribution < 1.29 is 14.6 Å². The second kappa shape index (κ2) is 6.58. The first-order valence-corrected chi connectivity index (χ1v) is 7.59. The highest BCUT2D eigenvalue weighted by Gasteiger charge is 2.13. The van der Waals surface area contributed by atoms with Gasteiger partial charge in [0.05, 0.1) is 12.6 Å². The predicted octanol–water partition coefficient (Wildman–Crippen LogP) is 3.02. The van der Waals surface area contributed by atoms with Crippen LogP contribution in [0.2, 0.25) is 0 Å². The second-order valence-electron chi connectivity index (χ2n) is 5.56. The molecule has 3 rings (SSSR count). The van der Waals surface area contributed by atoms with Gasteiger partial charge in [-0.05, 0) is 36.1 Å². The molecule has 0 amide bonds. The third-order valence-electron chi connectivity index (χ3n) is 3.96. The zero-order valence-corrected chi connectivity index (χ0v) is 13.2. The van der Waals surface area contributed by atoms with Gasteiger partial charge in [-0.1, -0.05) is 30.3 Å². The van der Waals surface area contributed by atoms with Crippen molar-refractivity contribution in [3.8, 4) is 5.75 Å². The molecule has 0 aliphatic heterocycles. The lowest BCUT2D eigenvalue weighted by atomic mass is 10.0. The summed E-state index contributed by atoms with van der Waals surface area (Å²) in [7, 11) is 1.50. The molecule has 122 valence electrons.